The van der Waals surface area contributed by atoms with Crippen LogP contribution in [0.1, 0.15) is 17.3 Å². The standard InChI is InChI=1S/C13H13F3N2O3/c1-20-9-4-2-8(3-5-9)6-11-17-12(21-18-11)7-10(19)13(14,15)16/h2-5,10,19H,6-7H2,1H3. The van der Waals surface area contributed by atoms with Crippen LogP contribution in [0.5, 0.6) is 5.75 Å². The lowest BCUT2D eigenvalue weighted by Gasteiger charge is -2.11. The molecular weight excluding hydrogens is 289 g/mol. The maximum absolute atomic E-state index is 12.2. The van der Waals surface area contributed by atoms with Gasteiger partial charge in [-0.25, -0.2) is 0 Å². The van der Waals surface area contributed by atoms with Crippen LogP contribution in [0.15, 0.2) is 28.8 Å². The van der Waals surface area contributed by atoms with E-state index in [-0.39, 0.29) is 11.7 Å². The third-order valence-electron chi connectivity index (χ3n) is 2.78. The molecule has 1 N–H and O–H groups in total. The minimum atomic E-state index is -4.70. The fraction of sp³-hybridized carbons (Fsp3) is 0.385. The molecule has 114 valence electrons. The second kappa shape index (κ2) is 6.13. The Kier molecular flexibility index (Phi) is 4.46. The maximum Gasteiger partial charge on any atom is 0.414 e. The maximum atomic E-state index is 12.2. The Hall–Kier alpha value is -2.09. The van der Waals surface area contributed by atoms with Crippen LogP contribution in [0.25, 0.3) is 0 Å². The average molecular weight is 302 g/mol. The molecule has 1 aromatic carbocycles. The van der Waals surface area contributed by atoms with Crippen LogP contribution in [0.3, 0.4) is 0 Å². The number of halogens is 3. The normalized spacial score (nSPS) is 13.2. The number of ether oxygens (including phenoxy) is 1. The van der Waals surface area contributed by atoms with Gasteiger partial charge < -0.3 is 14.4 Å². The van der Waals surface area contributed by atoms with Crippen molar-refractivity contribution in [2.24, 2.45) is 0 Å². The molecule has 1 unspecified atom stereocenters. The van der Waals surface area contributed by atoms with Crippen LogP contribution in [0.2, 0.25) is 0 Å². The van der Waals surface area contributed by atoms with E-state index in [2.05, 4.69) is 10.1 Å². The lowest BCUT2D eigenvalue weighted by atomic mass is 10.1. The van der Waals surface area contributed by atoms with Crippen molar-refractivity contribution >= 4 is 0 Å². The van der Waals surface area contributed by atoms with E-state index in [0.717, 1.165) is 5.56 Å². The minimum absolute atomic E-state index is 0.247. The molecule has 5 nitrogen and oxygen atoms in total. The summed E-state index contributed by atoms with van der Waals surface area (Å²) >= 11 is 0. The van der Waals surface area contributed by atoms with Gasteiger partial charge in [0.25, 0.3) is 0 Å². The molecule has 1 aromatic heterocycles. The first-order chi connectivity index (χ1) is 9.88. The Bertz CT molecular complexity index is 581. The lowest BCUT2D eigenvalue weighted by Crippen LogP contribution is -2.30. The number of methoxy groups -OCH3 is 1. The highest BCUT2D eigenvalue weighted by atomic mass is 19.4. The Morgan fingerprint density at radius 3 is 2.52 bits per heavy atom. The topological polar surface area (TPSA) is 68.4 Å². The van der Waals surface area contributed by atoms with Crippen molar-refractivity contribution in [3.63, 3.8) is 0 Å². The largest absolute Gasteiger partial charge is 0.497 e. The highest BCUT2D eigenvalue weighted by molar-refractivity contribution is 5.28. The SMILES string of the molecule is COc1ccc(Cc2noc(CC(O)C(F)(F)F)n2)cc1. The van der Waals surface area contributed by atoms with Crippen molar-refractivity contribution in [3.05, 3.63) is 41.5 Å². The number of aliphatic hydroxyl groups excluding tert-OH is 1. The van der Waals surface area contributed by atoms with Crippen molar-refractivity contribution in [3.8, 4) is 5.75 Å². The fourth-order valence-electron chi connectivity index (χ4n) is 1.65. The van der Waals surface area contributed by atoms with Gasteiger partial charge >= 0.3 is 6.18 Å². The van der Waals surface area contributed by atoms with Crippen LogP contribution < -0.4 is 4.74 Å². The highest BCUT2D eigenvalue weighted by Crippen LogP contribution is 2.22. The van der Waals surface area contributed by atoms with E-state index in [9.17, 15) is 13.2 Å². The molecule has 1 atom stereocenters. The first kappa shape index (κ1) is 15.3. The number of rotatable bonds is 5. The zero-order chi connectivity index (χ0) is 15.5. The number of hydrogen-bond acceptors (Lipinski definition) is 5. The van der Waals surface area contributed by atoms with E-state index in [1.165, 1.54) is 0 Å². The summed E-state index contributed by atoms with van der Waals surface area (Å²) in [7, 11) is 1.55. The molecule has 0 bridgehead atoms. The van der Waals surface area contributed by atoms with Gasteiger partial charge in [0.1, 0.15) is 5.75 Å². The highest BCUT2D eigenvalue weighted by Gasteiger charge is 2.39. The Morgan fingerprint density at radius 2 is 1.95 bits per heavy atom. The molecule has 1 heterocycles. The Balaban J connectivity index is 1.99. The lowest BCUT2D eigenvalue weighted by molar-refractivity contribution is -0.204. The van der Waals surface area contributed by atoms with Crippen LogP contribution in [-0.4, -0.2) is 34.6 Å². The second-order valence-electron chi connectivity index (χ2n) is 4.39. The van der Waals surface area contributed by atoms with E-state index in [1.54, 1.807) is 31.4 Å². The monoisotopic (exact) mass is 302 g/mol. The summed E-state index contributed by atoms with van der Waals surface area (Å²) in [5.41, 5.74) is 0.861. The smallest absolute Gasteiger partial charge is 0.414 e. The fourth-order valence-corrected chi connectivity index (χ4v) is 1.65. The zero-order valence-corrected chi connectivity index (χ0v) is 11.1. The number of aliphatic hydroxyl groups is 1. The molecule has 0 aliphatic rings. The molecule has 8 heteroatoms. The van der Waals surface area contributed by atoms with Gasteiger partial charge in [0.2, 0.25) is 5.89 Å². The van der Waals surface area contributed by atoms with E-state index in [1.807, 2.05) is 0 Å². The van der Waals surface area contributed by atoms with E-state index in [4.69, 9.17) is 14.4 Å². The van der Waals surface area contributed by atoms with Crippen molar-refractivity contribution in [2.45, 2.75) is 25.1 Å². The Morgan fingerprint density at radius 1 is 1.29 bits per heavy atom. The third-order valence-corrected chi connectivity index (χ3v) is 2.78. The van der Waals surface area contributed by atoms with Crippen LogP contribution in [0, 0.1) is 0 Å². The summed E-state index contributed by atoms with van der Waals surface area (Å²) in [6, 6.07) is 7.09. The van der Waals surface area contributed by atoms with Gasteiger partial charge in [0.05, 0.1) is 13.5 Å². The van der Waals surface area contributed by atoms with Crippen molar-refractivity contribution in [1.29, 1.82) is 0 Å². The predicted molar refractivity (Wildman–Crippen MR) is 65.9 cm³/mol. The number of aromatic nitrogens is 2. The summed E-state index contributed by atoms with van der Waals surface area (Å²) in [6.07, 6.45) is -7.65. The third kappa shape index (κ3) is 4.19. The van der Waals surface area contributed by atoms with Gasteiger partial charge in [0, 0.05) is 6.42 Å². The van der Waals surface area contributed by atoms with Crippen LogP contribution in [-0.2, 0) is 12.8 Å². The first-order valence-electron chi connectivity index (χ1n) is 6.07. The minimum Gasteiger partial charge on any atom is -0.497 e. The Labute approximate surface area is 118 Å². The van der Waals surface area contributed by atoms with Gasteiger partial charge in [-0.2, -0.15) is 18.2 Å². The number of benzene rings is 1. The van der Waals surface area contributed by atoms with Gasteiger partial charge in [-0.05, 0) is 17.7 Å². The second-order valence-corrected chi connectivity index (χ2v) is 4.39. The summed E-state index contributed by atoms with van der Waals surface area (Å²) in [6.45, 7) is 0. The molecular formula is C13H13F3N2O3. The van der Waals surface area contributed by atoms with Crippen LogP contribution in [0.4, 0.5) is 13.2 Å². The quantitative estimate of drug-likeness (QED) is 0.916. The molecule has 2 aromatic rings. The van der Waals surface area contributed by atoms with E-state index in [0.29, 0.717) is 12.2 Å². The molecule has 0 aliphatic heterocycles. The molecule has 0 saturated carbocycles. The molecule has 0 spiro atoms. The van der Waals surface area contributed by atoms with E-state index >= 15 is 0 Å². The molecule has 0 radical (unpaired) electrons. The summed E-state index contributed by atoms with van der Waals surface area (Å²) in [5.74, 6) is 0.703. The van der Waals surface area contributed by atoms with Gasteiger partial charge in [-0.3, -0.25) is 0 Å². The predicted octanol–water partition coefficient (Wildman–Crippen LogP) is 2.13. The molecule has 0 fully saturated rings. The molecule has 0 aliphatic carbocycles. The average Bonchev–Trinajstić information content (AvgIpc) is 2.86. The van der Waals surface area contributed by atoms with Crippen molar-refractivity contribution < 1.29 is 27.5 Å². The van der Waals surface area contributed by atoms with Crippen molar-refractivity contribution in [2.75, 3.05) is 7.11 Å². The van der Waals surface area contributed by atoms with E-state index < -0.39 is 18.7 Å². The van der Waals surface area contributed by atoms with Crippen molar-refractivity contribution in [1.82, 2.24) is 10.1 Å². The van der Waals surface area contributed by atoms with Gasteiger partial charge in [-0.15, -0.1) is 0 Å². The summed E-state index contributed by atoms with van der Waals surface area (Å²) in [5, 5.41) is 12.5. The number of hydrogen-bond donors (Lipinski definition) is 1. The summed E-state index contributed by atoms with van der Waals surface area (Å²) < 4.78 is 46.3. The van der Waals surface area contributed by atoms with Gasteiger partial charge in [0.15, 0.2) is 11.9 Å². The molecule has 0 amide bonds. The first-order valence-corrected chi connectivity index (χ1v) is 6.07. The number of alkyl halides is 3. The zero-order valence-electron chi connectivity index (χ0n) is 11.1. The molecule has 0 saturated heterocycles. The number of nitrogens with zero attached hydrogens (tertiary/aromatic N) is 2. The summed E-state index contributed by atoms with van der Waals surface area (Å²) in [4.78, 5) is 3.83. The van der Waals surface area contributed by atoms with Crippen LogP contribution >= 0.6 is 0 Å². The molecule has 21 heavy (non-hydrogen) atoms. The van der Waals surface area contributed by atoms with Gasteiger partial charge in [-0.1, -0.05) is 17.3 Å². The molecule has 2 rings (SSSR count).